The van der Waals surface area contributed by atoms with Crippen LogP contribution in [-0.4, -0.2) is 51.3 Å². The second kappa shape index (κ2) is 6.08. The number of nitrogens with zero attached hydrogens (tertiary/aromatic N) is 4. The highest BCUT2D eigenvalue weighted by atomic mass is 35.5. The average molecular weight is 333 g/mol. The Morgan fingerprint density at radius 2 is 2.09 bits per heavy atom. The zero-order valence-electron chi connectivity index (χ0n) is 14.0. The molecule has 2 aliphatic heterocycles. The van der Waals surface area contributed by atoms with Crippen molar-refractivity contribution in [2.75, 3.05) is 19.6 Å². The van der Waals surface area contributed by atoms with Gasteiger partial charge in [-0.3, -0.25) is 14.5 Å². The summed E-state index contributed by atoms with van der Waals surface area (Å²) in [6.45, 7) is 6.88. The molecule has 3 heterocycles. The van der Waals surface area contributed by atoms with E-state index in [9.17, 15) is 0 Å². The molecule has 124 valence electrons. The van der Waals surface area contributed by atoms with Crippen LogP contribution in [0, 0.1) is 0 Å². The fourth-order valence-corrected chi connectivity index (χ4v) is 4.50. The van der Waals surface area contributed by atoms with Gasteiger partial charge in [0, 0.05) is 44.2 Å². The number of likely N-dealkylation sites (tertiary alicyclic amines) is 2. The van der Waals surface area contributed by atoms with Crippen LogP contribution in [0.5, 0.6) is 0 Å². The van der Waals surface area contributed by atoms with Crippen molar-refractivity contribution in [3.05, 3.63) is 28.9 Å². The average Bonchev–Trinajstić information content (AvgIpc) is 2.81. The summed E-state index contributed by atoms with van der Waals surface area (Å²) < 4.78 is 1.94. The Hall–Kier alpha value is -1.10. The summed E-state index contributed by atoms with van der Waals surface area (Å²) in [6, 6.07) is 7.53. The summed E-state index contributed by atoms with van der Waals surface area (Å²) in [5.41, 5.74) is 2.23. The van der Waals surface area contributed by atoms with Gasteiger partial charge in [0.15, 0.2) is 0 Å². The molecular weight excluding hydrogens is 308 g/mol. The molecule has 23 heavy (non-hydrogen) atoms. The van der Waals surface area contributed by atoms with E-state index in [0.717, 1.165) is 53.3 Å². The third-order valence-corrected chi connectivity index (χ3v) is 5.85. The molecule has 4 nitrogen and oxygen atoms in total. The molecule has 0 radical (unpaired) electrons. The summed E-state index contributed by atoms with van der Waals surface area (Å²) in [5, 5.41) is 6.63. The van der Waals surface area contributed by atoms with E-state index in [1.165, 1.54) is 25.8 Å². The SMILES string of the molecule is C[C@H]1CCCCN1C1CN(Cc2nn(C)c3cccc(Cl)c23)C1. The quantitative estimate of drug-likeness (QED) is 0.862. The highest BCUT2D eigenvalue weighted by molar-refractivity contribution is 6.35. The van der Waals surface area contributed by atoms with E-state index in [2.05, 4.69) is 22.8 Å². The first kappa shape index (κ1) is 15.4. The Bertz CT molecular complexity index is 704. The van der Waals surface area contributed by atoms with Crippen molar-refractivity contribution < 1.29 is 0 Å². The van der Waals surface area contributed by atoms with E-state index < -0.39 is 0 Å². The first-order chi connectivity index (χ1) is 11.1. The van der Waals surface area contributed by atoms with Gasteiger partial charge in [0.25, 0.3) is 0 Å². The molecule has 2 saturated heterocycles. The van der Waals surface area contributed by atoms with Crippen molar-refractivity contribution in [3.63, 3.8) is 0 Å². The van der Waals surface area contributed by atoms with Gasteiger partial charge in [-0.1, -0.05) is 24.1 Å². The predicted molar refractivity (Wildman–Crippen MR) is 94.8 cm³/mol. The molecule has 0 aliphatic carbocycles. The number of piperidine rings is 1. The number of benzene rings is 1. The maximum Gasteiger partial charge on any atom is 0.0858 e. The van der Waals surface area contributed by atoms with Crippen LogP contribution < -0.4 is 0 Å². The minimum atomic E-state index is 0.732. The number of halogens is 1. The summed E-state index contributed by atoms with van der Waals surface area (Å²) >= 11 is 6.41. The van der Waals surface area contributed by atoms with Crippen LogP contribution in [0.3, 0.4) is 0 Å². The fourth-order valence-electron chi connectivity index (χ4n) is 4.22. The molecule has 2 aliphatic rings. The Morgan fingerprint density at radius 3 is 2.87 bits per heavy atom. The van der Waals surface area contributed by atoms with Crippen molar-refractivity contribution in [2.45, 2.75) is 44.8 Å². The minimum absolute atomic E-state index is 0.732. The highest BCUT2D eigenvalue weighted by Gasteiger charge is 2.35. The second-order valence-corrected chi connectivity index (χ2v) is 7.54. The monoisotopic (exact) mass is 332 g/mol. The van der Waals surface area contributed by atoms with Crippen LogP contribution in [0.1, 0.15) is 31.9 Å². The van der Waals surface area contributed by atoms with E-state index in [-0.39, 0.29) is 0 Å². The van der Waals surface area contributed by atoms with E-state index in [1.54, 1.807) is 0 Å². The zero-order chi connectivity index (χ0) is 16.0. The van der Waals surface area contributed by atoms with Gasteiger partial charge in [-0.15, -0.1) is 0 Å². The van der Waals surface area contributed by atoms with E-state index in [0.29, 0.717) is 0 Å². The van der Waals surface area contributed by atoms with Crippen molar-refractivity contribution in [3.8, 4) is 0 Å². The zero-order valence-corrected chi connectivity index (χ0v) is 14.8. The topological polar surface area (TPSA) is 24.3 Å². The number of hydrogen-bond donors (Lipinski definition) is 0. The molecule has 0 bridgehead atoms. The molecule has 5 heteroatoms. The van der Waals surface area contributed by atoms with Gasteiger partial charge in [0.1, 0.15) is 0 Å². The van der Waals surface area contributed by atoms with Crippen LogP contribution in [-0.2, 0) is 13.6 Å². The largest absolute Gasteiger partial charge is 0.295 e. The molecule has 0 N–H and O–H groups in total. The number of hydrogen-bond acceptors (Lipinski definition) is 3. The third kappa shape index (κ3) is 2.77. The van der Waals surface area contributed by atoms with E-state index in [1.807, 2.05) is 23.9 Å². The molecule has 1 aromatic heterocycles. The molecule has 1 atom stereocenters. The Labute approximate surface area is 143 Å². The normalized spacial score (nSPS) is 24.2. The lowest BCUT2D eigenvalue weighted by atomic mass is 9.97. The number of rotatable bonds is 3. The molecule has 0 unspecified atom stereocenters. The molecule has 0 spiro atoms. The van der Waals surface area contributed by atoms with Crippen LogP contribution >= 0.6 is 11.6 Å². The Morgan fingerprint density at radius 1 is 1.26 bits per heavy atom. The maximum atomic E-state index is 6.41. The highest BCUT2D eigenvalue weighted by Crippen LogP contribution is 2.30. The third-order valence-electron chi connectivity index (χ3n) is 5.53. The van der Waals surface area contributed by atoms with Crippen LogP contribution in [0.25, 0.3) is 10.9 Å². The van der Waals surface area contributed by atoms with Crippen LogP contribution in [0.15, 0.2) is 18.2 Å². The number of aryl methyl sites for hydroxylation is 1. The summed E-state index contributed by atoms with van der Waals surface area (Å²) in [4.78, 5) is 5.21. The molecule has 2 aromatic rings. The summed E-state index contributed by atoms with van der Waals surface area (Å²) in [5.74, 6) is 0. The predicted octanol–water partition coefficient (Wildman–Crippen LogP) is 3.29. The van der Waals surface area contributed by atoms with Gasteiger partial charge < -0.3 is 0 Å². The van der Waals surface area contributed by atoms with Crippen molar-refractivity contribution in [2.24, 2.45) is 7.05 Å². The number of fused-ring (bicyclic) bond motifs is 1. The lowest BCUT2D eigenvalue weighted by molar-refractivity contribution is -0.00662. The Balaban J connectivity index is 1.45. The van der Waals surface area contributed by atoms with E-state index >= 15 is 0 Å². The van der Waals surface area contributed by atoms with Gasteiger partial charge in [0.05, 0.1) is 16.2 Å². The molecule has 0 amide bonds. The van der Waals surface area contributed by atoms with Gasteiger partial charge in [-0.25, -0.2) is 0 Å². The van der Waals surface area contributed by atoms with Crippen molar-refractivity contribution in [1.29, 1.82) is 0 Å². The fraction of sp³-hybridized carbons (Fsp3) is 0.611. The van der Waals surface area contributed by atoms with Gasteiger partial charge in [-0.05, 0) is 38.4 Å². The maximum absolute atomic E-state index is 6.41. The smallest absolute Gasteiger partial charge is 0.0858 e. The summed E-state index contributed by atoms with van der Waals surface area (Å²) in [6.07, 6.45) is 4.12. The van der Waals surface area contributed by atoms with Gasteiger partial charge >= 0.3 is 0 Å². The first-order valence-electron chi connectivity index (χ1n) is 8.71. The van der Waals surface area contributed by atoms with E-state index in [4.69, 9.17) is 16.7 Å². The first-order valence-corrected chi connectivity index (χ1v) is 9.09. The molecule has 1 aromatic carbocycles. The van der Waals surface area contributed by atoms with Crippen molar-refractivity contribution in [1.82, 2.24) is 19.6 Å². The molecule has 2 fully saturated rings. The van der Waals surface area contributed by atoms with Crippen LogP contribution in [0.2, 0.25) is 5.02 Å². The molecule has 4 rings (SSSR count). The minimum Gasteiger partial charge on any atom is -0.295 e. The van der Waals surface area contributed by atoms with Gasteiger partial charge in [-0.2, -0.15) is 5.10 Å². The standard InChI is InChI=1S/C18H25ClN4/c1-13-6-3-4-9-23(13)14-10-22(11-14)12-16-18-15(19)7-5-8-17(18)21(2)20-16/h5,7-8,13-14H,3-4,6,9-12H2,1-2H3/t13-/m0/s1. The number of aromatic nitrogens is 2. The Kier molecular flexibility index (Phi) is 4.08. The van der Waals surface area contributed by atoms with Crippen LogP contribution in [0.4, 0.5) is 0 Å². The summed E-state index contributed by atoms with van der Waals surface area (Å²) in [7, 11) is 2.00. The lowest BCUT2D eigenvalue weighted by Gasteiger charge is -2.49. The molecule has 0 saturated carbocycles. The second-order valence-electron chi connectivity index (χ2n) is 7.13. The van der Waals surface area contributed by atoms with Crippen molar-refractivity contribution >= 4 is 22.5 Å². The molecular formula is C18H25ClN4. The lowest BCUT2D eigenvalue weighted by Crippen LogP contribution is -2.61. The van der Waals surface area contributed by atoms with Gasteiger partial charge in [0.2, 0.25) is 0 Å².